The Kier molecular flexibility index (Phi) is 6.20. The molecule has 2 atom stereocenters. The molecule has 0 aliphatic heterocycles. The first-order valence-corrected chi connectivity index (χ1v) is 7.34. The van der Waals surface area contributed by atoms with E-state index in [9.17, 15) is 5.11 Å². The van der Waals surface area contributed by atoms with E-state index in [0.29, 0.717) is 5.92 Å². The molecule has 0 amide bonds. The van der Waals surface area contributed by atoms with Gasteiger partial charge >= 0.3 is 0 Å². The fraction of sp³-hybridized carbons (Fsp3) is 0.769. The smallest absolute Gasteiger partial charge is 0.0996 e. The normalized spacial score (nSPS) is 14.9. The highest BCUT2D eigenvalue weighted by molar-refractivity contribution is 9.10. The number of halogens is 1. The van der Waals surface area contributed by atoms with E-state index in [2.05, 4.69) is 34.9 Å². The second-order valence-corrected chi connectivity index (χ2v) is 5.30. The molecule has 0 fully saturated rings. The number of unbranched alkanes of at least 4 members (excludes halogenated alkanes) is 1. The van der Waals surface area contributed by atoms with Crippen LogP contribution in [0.5, 0.6) is 0 Å². The first-order valence-electron chi connectivity index (χ1n) is 6.54. The highest BCUT2D eigenvalue weighted by atomic mass is 79.9. The highest BCUT2D eigenvalue weighted by Gasteiger charge is 2.24. The Hall–Kier alpha value is -0.350. The monoisotopic (exact) mass is 302 g/mol. The third-order valence-corrected chi connectivity index (χ3v) is 3.92. The maximum Gasteiger partial charge on any atom is 0.0996 e. The van der Waals surface area contributed by atoms with Crippen molar-refractivity contribution in [3.05, 3.63) is 16.4 Å². The summed E-state index contributed by atoms with van der Waals surface area (Å²) in [5, 5.41) is 14.8. The molecular formula is C13H23BrN2O. The molecule has 0 bridgehead atoms. The van der Waals surface area contributed by atoms with Crippen molar-refractivity contribution in [2.45, 2.75) is 59.1 Å². The number of hydrogen-bond donors (Lipinski definition) is 1. The van der Waals surface area contributed by atoms with Gasteiger partial charge in [-0.15, -0.1) is 0 Å². The highest BCUT2D eigenvalue weighted by Crippen LogP contribution is 2.33. The molecule has 4 heteroatoms. The number of rotatable bonds is 7. The van der Waals surface area contributed by atoms with Crippen molar-refractivity contribution in [2.75, 3.05) is 0 Å². The van der Waals surface area contributed by atoms with E-state index in [-0.39, 0.29) is 0 Å². The van der Waals surface area contributed by atoms with Crippen LogP contribution in [0.3, 0.4) is 0 Å². The van der Waals surface area contributed by atoms with E-state index in [1.165, 1.54) is 12.8 Å². The summed E-state index contributed by atoms with van der Waals surface area (Å²) in [7, 11) is 0. The van der Waals surface area contributed by atoms with E-state index in [1.54, 1.807) is 6.20 Å². The number of aliphatic hydroxyl groups excluding tert-OH is 1. The molecule has 0 aromatic carbocycles. The zero-order valence-corrected chi connectivity index (χ0v) is 12.6. The van der Waals surface area contributed by atoms with Crippen LogP contribution >= 0.6 is 15.9 Å². The van der Waals surface area contributed by atoms with Gasteiger partial charge in [-0.3, -0.25) is 4.68 Å². The van der Waals surface area contributed by atoms with Crippen LogP contribution in [-0.2, 0) is 6.54 Å². The fourth-order valence-electron chi connectivity index (χ4n) is 2.19. The van der Waals surface area contributed by atoms with Gasteiger partial charge in [0.25, 0.3) is 0 Å². The minimum absolute atomic E-state index is 0.327. The molecular weight excluding hydrogens is 280 g/mol. The molecule has 0 saturated heterocycles. The van der Waals surface area contributed by atoms with Gasteiger partial charge < -0.3 is 5.11 Å². The molecule has 1 aromatic rings. The van der Waals surface area contributed by atoms with E-state index in [4.69, 9.17) is 0 Å². The maximum absolute atomic E-state index is 10.5. The summed E-state index contributed by atoms with van der Waals surface area (Å²) in [6.45, 7) is 7.17. The molecule has 0 radical (unpaired) electrons. The summed E-state index contributed by atoms with van der Waals surface area (Å²) in [5.74, 6) is 0.327. The topological polar surface area (TPSA) is 38.1 Å². The minimum Gasteiger partial charge on any atom is -0.386 e. The molecule has 0 spiro atoms. The summed E-state index contributed by atoms with van der Waals surface area (Å²) in [6.07, 6.45) is 5.79. The van der Waals surface area contributed by atoms with Crippen molar-refractivity contribution in [3.8, 4) is 0 Å². The number of aromatic nitrogens is 2. The van der Waals surface area contributed by atoms with Gasteiger partial charge in [-0.2, -0.15) is 5.10 Å². The second-order valence-electron chi connectivity index (χ2n) is 4.45. The predicted molar refractivity (Wildman–Crippen MR) is 73.9 cm³/mol. The Morgan fingerprint density at radius 3 is 2.65 bits per heavy atom. The Labute approximate surface area is 112 Å². The summed E-state index contributed by atoms with van der Waals surface area (Å²) in [4.78, 5) is 0. The molecule has 1 aromatic heterocycles. The van der Waals surface area contributed by atoms with Crippen LogP contribution in [0.15, 0.2) is 10.7 Å². The van der Waals surface area contributed by atoms with E-state index in [0.717, 1.165) is 29.6 Å². The third-order valence-electron chi connectivity index (χ3n) is 3.31. The van der Waals surface area contributed by atoms with Crippen LogP contribution in [-0.4, -0.2) is 14.9 Å². The lowest BCUT2D eigenvalue weighted by molar-refractivity contribution is 0.0896. The van der Waals surface area contributed by atoms with Crippen LogP contribution < -0.4 is 0 Å². The largest absolute Gasteiger partial charge is 0.386 e. The zero-order chi connectivity index (χ0) is 12.8. The predicted octanol–water partition coefficient (Wildman–Crippen LogP) is 3.92. The summed E-state index contributed by atoms with van der Waals surface area (Å²) >= 11 is 3.48. The summed E-state index contributed by atoms with van der Waals surface area (Å²) < 4.78 is 2.80. The minimum atomic E-state index is -0.414. The van der Waals surface area contributed by atoms with Crippen molar-refractivity contribution in [1.82, 2.24) is 9.78 Å². The number of aliphatic hydroxyl groups is 1. The van der Waals surface area contributed by atoms with Gasteiger partial charge in [0.1, 0.15) is 0 Å². The van der Waals surface area contributed by atoms with Crippen LogP contribution in [0.2, 0.25) is 0 Å². The lowest BCUT2D eigenvalue weighted by atomic mass is 9.91. The fourth-order valence-corrected chi connectivity index (χ4v) is 2.72. The Morgan fingerprint density at radius 2 is 2.12 bits per heavy atom. The van der Waals surface area contributed by atoms with E-state index < -0.39 is 6.10 Å². The van der Waals surface area contributed by atoms with E-state index in [1.807, 2.05) is 11.6 Å². The van der Waals surface area contributed by atoms with Gasteiger partial charge in [0, 0.05) is 6.54 Å². The molecule has 0 aliphatic carbocycles. The maximum atomic E-state index is 10.5. The van der Waals surface area contributed by atoms with Gasteiger partial charge in [0.2, 0.25) is 0 Å². The second kappa shape index (κ2) is 7.17. The van der Waals surface area contributed by atoms with Crippen LogP contribution in [0, 0.1) is 5.92 Å². The van der Waals surface area contributed by atoms with E-state index >= 15 is 0 Å². The first-order chi connectivity index (χ1) is 8.15. The third kappa shape index (κ3) is 3.55. The van der Waals surface area contributed by atoms with Crippen LogP contribution in [0.4, 0.5) is 0 Å². The number of aryl methyl sites for hydroxylation is 1. The average Bonchev–Trinajstić information content (AvgIpc) is 2.71. The first kappa shape index (κ1) is 14.7. The molecule has 1 N–H and O–H groups in total. The SMILES string of the molecule is CCCCC(CC)C(O)c1c(Br)cnn1CC. The Balaban J connectivity index is 2.84. The molecule has 98 valence electrons. The molecule has 1 heterocycles. The van der Waals surface area contributed by atoms with Gasteiger partial charge in [-0.05, 0) is 35.2 Å². The molecule has 3 nitrogen and oxygen atoms in total. The quantitative estimate of drug-likeness (QED) is 0.829. The van der Waals surface area contributed by atoms with Gasteiger partial charge in [-0.25, -0.2) is 0 Å². The van der Waals surface area contributed by atoms with Crippen LogP contribution in [0.1, 0.15) is 58.3 Å². The summed E-state index contributed by atoms with van der Waals surface area (Å²) in [5.41, 5.74) is 0.926. The molecule has 17 heavy (non-hydrogen) atoms. The van der Waals surface area contributed by atoms with Crippen molar-refractivity contribution in [2.24, 2.45) is 5.92 Å². The van der Waals surface area contributed by atoms with Crippen molar-refractivity contribution in [3.63, 3.8) is 0 Å². The summed E-state index contributed by atoms with van der Waals surface area (Å²) in [6, 6.07) is 0. The van der Waals surface area contributed by atoms with Gasteiger partial charge in [-0.1, -0.05) is 33.1 Å². The number of hydrogen-bond acceptors (Lipinski definition) is 2. The van der Waals surface area contributed by atoms with Crippen molar-refractivity contribution in [1.29, 1.82) is 0 Å². The van der Waals surface area contributed by atoms with Gasteiger partial charge in [0.15, 0.2) is 0 Å². The lowest BCUT2D eigenvalue weighted by Gasteiger charge is -2.22. The molecule has 0 aliphatic rings. The Morgan fingerprint density at radius 1 is 1.41 bits per heavy atom. The standard InChI is InChI=1S/C13H23BrN2O/c1-4-7-8-10(5-2)13(17)12-11(14)9-15-16(12)6-3/h9-10,13,17H,4-8H2,1-3H3. The molecule has 1 rings (SSSR count). The zero-order valence-electron chi connectivity index (χ0n) is 11.0. The lowest BCUT2D eigenvalue weighted by Crippen LogP contribution is -2.17. The molecule has 0 saturated carbocycles. The van der Waals surface area contributed by atoms with Crippen molar-refractivity contribution >= 4 is 15.9 Å². The molecule has 2 unspecified atom stereocenters. The van der Waals surface area contributed by atoms with Gasteiger partial charge in [0.05, 0.1) is 22.5 Å². The van der Waals surface area contributed by atoms with Crippen molar-refractivity contribution < 1.29 is 5.11 Å². The number of nitrogens with zero attached hydrogens (tertiary/aromatic N) is 2. The average molecular weight is 303 g/mol. The van der Waals surface area contributed by atoms with Crippen LogP contribution in [0.25, 0.3) is 0 Å². The Bertz CT molecular complexity index is 338.